The number of hydrogen-bond donors (Lipinski definition) is 1. The molecule has 1 aromatic carbocycles. The first-order valence-corrected chi connectivity index (χ1v) is 7.39. The van der Waals surface area contributed by atoms with Crippen LogP contribution in [0.2, 0.25) is 0 Å². The fraction of sp³-hybridized carbons (Fsp3) is 0.500. The summed E-state index contributed by atoms with van der Waals surface area (Å²) < 4.78 is 13.9. The first-order chi connectivity index (χ1) is 10.3. The van der Waals surface area contributed by atoms with Gasteiger partial charge in [-0.2, -0.15) is 0 Å². The number of amides is 2. The fourth-order valence-electron chi connectivity index (χ4n) is 2.77. The second-order valence-corrected chi connectivity index (χ2v) is 5.97. The Labute approximate surface area is 129 Å². The summed E-state index contributed by atoms with van der Waals surface area (Å²) in [6.45, 7) is 6.79. The van der Waals surface area contributed by atoms with E-state index in [1.807, 2.05) is 6.92 Å². The Balaban J connectivity index is 2.28. The third-order valence-corrected chi connectivity index (χ3v) is 4.00. The lowest BCUT2D eigenvalue weighted by molar-refractivity contribution is -0.146. The van der Waals surface area contributed by atoms with Crippen molar-refractivity contribution in [2.45, 2.75) is 32.7 Å². The van der Waals surface area contributed by atoms with Crippen molar-refractivity contribution in [3.8, 4) is 5.75 Å². The Hall–Kier alpha value is -2.11. The molecule has 0 bridgehead atoms. The monoisotopic (exact) mass is 308 g/mol. The molecule has 6 heteroatoms. The molecule has 5 nitrogen and oxygen atoms in total. The van der Waals surface area contributed by atoms with Gasteiger partial charge in [0.1, 0.15) is 17.1 Å². The zero-order valence-corrected chi connectivity index (χ0v) is 13.1. The van der Waals surface area contributed by atoms with Gasteiger partial charge in [-0.15, -0.1) is 0 Å². The maximum absolute atomic E-state index is 13.9. The molecule has 0 radical (unpaired) electrons. The zero-order valence-electron chi connectivity index (χ0n) is 13.1. The molecule has 1 saturated heterocycles. The standard InChI is InChI=1S/C16H21FN2O3/c1-4-7-18-8-9-19(16(2,3)15(18)22)14(21)12-6-5-11(20)10-13(12)17/h5-6,10,20H,4,7-9H2,1-3H3. The Kier molecular flexibility index (Phi) is 4.39. The quantitative estimate of drug-likeness (QED) is 0.929. The van der Waals surface area contributed by atoms with Gasteiger partial charge >= 0.3 is 0 Å². The van der Waals surface area contributed by atoms with E-state index in [4.69, 9.17) is 0 Å². The van der Waals surface area contributed by atoms with Crippen molar-refractivity contribution in [3.05, 3.63) is 29.6 Å². The van der Waals surface area contributed by atoms with Crippen LogP contribution in [0.15, 0.2) is 18.2 Å². The number of carbonyl (C=O) groups is 2. The molecule has 0 aromatic heterocycles. The van der Waals surface area contributed by atoms with Crippen molar-refractivity contribution in [2.24, 2.45) is 0 Å². The van der Waals surface area contributed by atoms with Gasteiger partial charge in [-0.1, -0.05) is 6.92 Å². The van der Waals surface area contributed by atoms with Crippen LogP contribution in [0.4, 0.5) is 4.39 Å². The van der Waals surface area contributed by atoms with E-state index in [2.05, 4.69) is 0 Å². The molecule has 2 amide bonds. The summed E-state index contributed by atoms with van der Waals surface area (Å²) in [5.41, 5.74) is -1.16. The molecule has 0 unspecified atom stereocenters. The van der Waals surface area contributed by atoms with Crippen molar-refractivity contribution >= 4 is 11.8 Å². The number of benzene rings is 1. The predicted molar refractivity (Wildman–Crippen MR) is 80.1 cm³/mol. The highest BCUT2D eigenvalue weighted by Gasteiger charge is 2.44. The van der Waals surface area contributed by atoms with Gasteiger partial charge in [-0.05, 0) is 32.4 Å². The van der Waals surface area contributed by atoms with Crippen molar-refractivity contribution in [3.63, 3.8) is 0 Å². The van der Waals surface area contributed by atoms with Crippen molar-refractivity contribution in [1.29, 1.82) is 0 Å². The molecule has 1 aromatic rings. The summed E-state index contributed by atoms with van der Waals surface area (Å²) in [4.78, 5) is 28.2. The van der Waals surface area contributed by atoms with Crippen molar-refractivity contribution in [1.82, 2.24) is 9.80 Å². The highest BCUT2D eigenvalue weighted by atomic mass is 19.1. The van der Waals surface area contributed by atoms with Gasteiger partial charge in [0.05, 0.1) is 5.56 Å². The molecule has 1 aliphatic heterocycles. The summed E-state index contributed by atoms with van der Waals surface area (Å²) in [5, 5.41) is 9.24. The van der Waals surface area contributed by atoms with Gasteiger partial charge in [0.15, 0.2) is 0 Å². The molecule has 1 heterocycles. The SMILES string of the molecule is CCCN1CCN(C(=O)c2ccc(O)cc2F)C(C)(C)C1=O. The van der Waals surface area contributed by atoms with Crippen LogP contribution >= 0.6 is 0 Å². The van der Waals surface area contributed by atoms with Crippen LogP contribution in [-0.4, -0.2) is 51.9 Å². The average Bonchev–Trinajstić information content (AvgIpc) is 2.43. The van der Waals surface area contributed by atoms with E-state index in [-0.39, 0.29) is 17.2 Å². The third-order valence-electron chi connectivity index (χ3n) is 4.00. The number of phenols is 1. The minimum absolute atomic E-state index is 0.131. The molecular formula is C16H21FN2O3. The minimum atomic E-state index is -1.02. The lowest BCUT2D eigenvalue weighted by atomic mass is 9.96. The van der Waals surface area contributed by atoms with Crippen LogP contribution in [0.25, 0.3) is 0 Å². The fourth-order valence-corrected chi connectivity index (χ4v) is 2.77. The highest BCUT2D eigenvalue weighted by molar-refractivity contribution is 6.00. The minimum Gasteiger partial charge on any atom is -0.508 e. The first-order valence-electron chi connectivity index (χ1n) is 7.39. The maximum atomic E-state index is 13.9. The van der Waals surface area contributed by atoms with E-state index in [1.165, 1.54) is 17.0 Å². The topological polar surface area (TPSA) is 60.9 Å². The molecule has 0 aliphatic carbocycles. The van der Waals surface area contributed by atoms with Crippen LogP contribution in [0, 0.1) is 5.82 Å². The number of carbonyl (C=O) groups excluding carboxylic acids is 2. The van der Waals surface area contributed by atoms with Gasteiger partial charge in [0, 0.05) is 25.7 Å². The smallest absolute Gasteiger partial charge is 0.257 e. The Morgan fingerprint density at radius 1 is 1.36 bits per heavy atom. The lowest BCUT2D eigenvalue weighted by Crippen LogP contribution is -2.64. The van der Waals surface area contributed by atoms with Crippen LogP contribution in [0.3, 0.4) is 0 Å². The number of phenolic OH excluding ortho intramolecular Hbond substituents is 1. The van der Waals surface area contributed by atoms with E-state index in [0.29, 0.717) is 19.6 Å². The molecule has 2 rings (SSSR count). The Bertz CT molecular complexity index is 601. The van der Waals surface area contributed by atoms with Crippen molar-refractivity contribution < 1.29 is 19.1 Å². The number of rotatable bonds is 3. The van der Waals surface area contributed by atoms with Crippen molar-refractivity contribution in [2.75, 3.05) is 19.6 Å². The molecule has 1 fully saturated rings. The normalized spacial score (nSPS) is 17.7. The number of nitrogens with zero attached hydrogens (tertiary/aromatic N) is 2. The van der Waals surface area contributed by atoms with E-state index in [0.717, 1.165) is 12.5 Å². The highest BCUT2D eigenvalue weighted by Crippen LogP contribution is 2.26. The molecule has 120 valence electrons. The zero-order chi connectivity index (χ0) is 16.5. The van der Waals surface area contributed by atoms with Gasteiger partial charge in [-0.25, -0.2) is 4.39 Å². The van der Waals surface area contributed by atoms with E-state index < -0.39 is 17.3 Å². The largest absolute Gasteiger partial charge is 0.508 e. The number of halogens is 1. The molecule has 1 N–H and O–H groups in total. The molecule has 0 saturated carbocycles. The molecule has 0 atom stereocenters. The Morgan fingerprint density at radius 3 is 2.64 bits per heavy atom. The molecule has 1 aliphatic rings. The predicted octanol–water partition coefficient (Wildman–Crippen LogP) is 2.00. The second kappa shape index (κ2) is 5.94. The van der Waals surface area contributed by atoms with Crippen LogP contribution in [-0.2, 0) is 4.79 Å². The summed E-state index contributed by atoms with van der Waals surface area (Å²) in [6.07, 6.45) is 0.850. The summed E-state index contributed by atoms with van der Waals surface area (Å²) in [6, 6.07) is 3.40. The number of hydrogen-bond acceptors (Lipinski definition) is 3. The summed E-state index contributed by atoms with van der Waals surface area (Å²) in [7, 11) is 0. The average molecular weight is 308 g/mol. The summed E-state index contributed by atoms with van der Waals surface area (Å²) in [5.74, 6) is -1.69. The first kappa shape index (κ1) is 16.3. The van der Waals surface area contributed by atoms with E-state index in [1.54, 1.807) is 18.7 Å². The van der Waals surface area contributed by atoms with Gasteiger partial charge < -0.3 is 14.9 Å². The Morgan fingerprint density at radius 2 is 2.05 bits per heavy atom. The second-order valence-electron chi connectivity index (χ2n) is 5.97. The van der Waals surface area contributed by atoms with Gasteiger partial charge in [-0.3, -0.25) is 9.59 Å². The van der Waals surface area contributed by atoms with Crippen LogP contribution < -0.4 is 0 Å². The number of aromatic hydroxyl groups is 1. The van der Waals surface area contributed by atoms with E-state index in [9.17, 15) is 19.1 Å². The third kappa shape index (κ3) is 2.77. The maximum Gasteiger partial charge on any atom is 0.257 e. The summed E-state index contributed by atoms with van der Waals surface area (Å²) >= 11 is 0. The molecule has 22 heavy (non-hydrogen) atoms. The van der Waals surface area contributed by atoms with Gasteiger partial charge in [0.2, 0.25) is 5.91 Å². The van der Waals surface area contributed by atoms with Crippen LogP contribution in [0.1, 0.15) is 37.6 Å². The van der Waals surface area contributed by atoms with E-state index >= 15 is 0 Å². The van der Waals surface area contributed by atoms with Gasteiger partial charge in [0.25, 0.3) is 5.91 Å². The lowest BCUT2D eigenvalue weighted by Gasteiger charge is -2.46. The van der Waals surface area contributed by atoms with Crippen LogP contribution in [0.5, 0.6) is 5.75 Å². The molecular weight excluding hydrogens is 287 g/mol. The molecule has 0 spiro atoms. The number of piperazine rings is 1.